The zero-order chi connectivity index (χ0) is 18.4. The maximum atomic E-state index is 12.4. The van der Waals surface area contributed by atoms with Gasteiger partial charge in [-0.2, -0.15) is 0 Å². The van der Waals surface area contributed by atoms with Crippen LogP contribution in [0.1, 0.15) is 24.8 Å². The van der Waals surface area contributed by atoms with E-state index in [0.29, 0.717) is 31.1 Å². The number of amides is 2. The minimum Gasteiger partial charge on any atom is -0.340 e. The number of carbonyl (C=O) groups is 2. The lowest BCUT2D eigenvalue weighted by atomic mass is 10.2. The fraction of sp³-hybridized carbons (Fsp3) is 0.500. The molecule has 1 aromatic rings. The summed E-state index contributed by atoms with van der Waals surface area (Å²) in [6.45, 7) is 5.69. The van der Waals surface area contributed by atoms with Gasteiger partial charge in [-0.25, -0.2) is 0 Å². The molecule has 1 aromatic carbocycles. The molecule has 0 spiro atoms. The first-order chi connectivity index (χ1) is 12.6. The molecule has 2 fully saturated rings. The fourth-order valence-corrected chi connectivity index (χ4v) is 3.56. The molecule has 140 valence electrons. The second kappa shape index (κ2) is 9.19. The van der Waals surface area contributed by atoms with Crippen LogP contribution in [0.4, 0.5) is 0 Å². The molecule has 0 saturated carbocycles. The van der Waals surface area contributed by atoms with Gasteiger partial charge in [-0.05, 0) is 49.7 Å². The number of hydrogen-bond donors (Lipinski definition) is 0. The third kappa shape index (κ3) is 5.32. The first-order valence-corrected chi connectivity index (χ1v) is 9.72. The van der Waals surface area contributed by atoms with Crippen molar-refractivity contribution in [1.29, 1.82) is 0 Å². The number of carbonyl (C=O) groups excluding carboxylic acids is 2. The molecule has 0 N–H and O–H groups in total. The Morgan fingerprint density at radius 1 is 1.00 bits per heavy atom. The SMILES string of the molecule is O=C(C=Cc1ccc(Cl)cc1)N1CCC(=O)N(CCN2CCCC2)CC1. The normalized spacial score (nSPS) is 19.3. The molecule has 0 atom stereocenters. The summed E-state index contributed by atoms with van der Waals surface area (Å²) in [5.74, 6) is 0.107. The van der Waals surface area contributed by atoms with E-state index in [-0.39, 0.29) is 11.8 Å². The van der Waals surface area contributed by atoms with E-state index in [0.717, 1.165) is 31.7 Å². The molecule has 0 aromatic heterocycles. The largest absolute Gasteiger partial charge is 0.340 e. The van der Waals surface area contributed by atoms with Gasteiger partial charge in [0.25, 0.3) is 0 Å². The quantitative estimate of drug-likeness (QED) is 0.743. The number of hydrogen-bond acceptors (Lipinski definition) is 3. The Morgan fingerprint density at radius 3 is 2.46 bits per heavy atom. The van der Waals surface area contributed by atoms with Gasteiger partial charge in [-0.1, -0.05) is 23.7 Å². The minimum atomic E-state index is -0.0471. The van der Waals surface area contributed by atoms with Gasteiger partial charge >= 0.3 is 0 Å². The van der Waals surface area contributed by atoms with Gasteiger partial charge in [-0.15, -0.1) is 0 Å². The van der Waals surface area contributed by atoms with Crippen LogP contribution in [0.2, 0.25) is 5.02 Å². The Balaban J connectivity index is 1.50. The summed E-state index contributed by atoms with van der Waals surface area (Å²) in [6.07, 6.45) is 6.29. The zero-order valence-corrected chi connectivity index (χ0v) is 15.8. The van der Waals surface area contributed by atoms with Crippen LogP contribution in [0.15, 0.2) is 30.3 Å². The molecule has 0 aliphatic carbocycles. The molecule has 0 bridgehead atoms. The van der Waals surface area contributed by atoms with Crippen molar-refractivity contribution in [2.45, 2.75) is 19.3 Å². The van der Waals surface area contributed by atoms with Crippen molar-refractivity contribution in [2.24, 2.45) is 0 Å². The van der Waals surface area contributed by atoms with E-state index in [2.05, 4.69) is 4.90 Å². The van der Waals surface area contributed by atoms with E-state index < -0.39 is 0 Å². The van der Waals surface area contributed by atoms with Gasteiger partial charge in [0.15, 0.2) is 0 Å². The Morgan fingerprint density at radius 2 is 1.73 bits per heavy atom. The number of benzene rings is 1. The van der Waals surface area contributed by atoms with Gasteiger partial charge in [0.1, 0.15) is 0 Å². The van der Waals surface area contributed by atoms with E-state index in [4.69, 9.17) is 11.6 Å². The third-order valence-corrected chi connectivity index (χ3v) is 5.32. The summed E-state index contributed by atoms with van der Waals surface area (Å²) < 4.78 is 0. The summed E-state index contributed by atoms with van der Waals surface area (Å²) >= 11 is 5.87. The number of nitrogens with zero attached hydrogens (tertiary/aromatic N) is 3. The van der Waals surface area contributed by atoms with Gasteiger partial charge in [0, 0.05) is 50.2 Å². The number of rotatable bonds is 5. The van der Waals surface area contributed by atoms with E-state index >= 15 is 0 Å². The van der Waals surface area contributed by atoms with Crippen molar-refractivity contribution in [3.8, 4) is 0 Å². The molecule has 2 aliphatic heterocycles. The van der Waals surface area contributed by atoms with Gasteiger partial charge < -0.3 is 14.7 Å². The molecule has 2 aliphatic rings. The molecule has 3 rings (SSSR count). The molecule has 0 radical (unpaired) electrons. The maximum absolute atomic E-state index is 12.4. The van der Waals surface area contributed by atoms with Gasteiger partial charge in [0.2, 0.25) is 11.8 Å². The second-order valence-corrected chi connectivity index (χ2v) is 7.33. The molecule has 0 unspecified atom stereocenters. The Kier molecular flexibility index (Phi) is 6.69. The van der Waals surface area contributed by atoms with E-state index in [1.807, 2.05) is 17.0 Å². The molecule has 5 nitrogen and oxygen atoms in total. The van der Waals surface area contributed by atoms with Crippen molar-refractivity contribution in [3.05, 3.63) is 40.9 Å². The summed E-state index contributed by atoms with van der Waals surface area (Å²) in [5, 5.41) is 0.675. The molecular weight excluding hydrogens is 350 g/mol. The van der Waals surface area contributed by atoms with E-state index in [1.165, 1.54) is 12.8 Å². The van der Waals surface area contributed by atoms with Crippen molar-refractivity contribution in [1.82, 2.24) is 14.7 Å². The van der Waals surface area contributed by atoms with Crippen LogP contribution in [0.25, 0.3) is 6.08 Å². The first kappa shape index (κ1) is 18.9. The summed E-state index contributed by atoms with van der Waals surface area (Å²) in [7, 11) is 0. The standard InChI is InChI=1S/C20H26ClN3O2/c21-18-6-3-17(4-7-18)5-8-19(25)23-12-9-20(26)24(16-15-23)14-13-22-10-1-2-11-22/h3-8H,1-2,9-16H2. The average molecular weight is 376 g/mol. The van der Waals surface area contributed by atoms with Crippen molar-refractivity contribution in [3.63, 3.8) is 0 Å². The van der Waals surface area contributed by atoms with Gasteiger partial charge in [-0.3, -0.25) is 9.59 Å². The first-order valence-electron chi connectivity index (χ1n) is 9.34. The lowest BCUT2D eigenvalue weighted by Crippen LogP contribution is -2.39. The topological polar surface area (TPSA) is 43.9 Å². The summed E-state index contributed by atoms with van der Waals surface area (Å²) in [4.78, 5) is 30.9. The predicted octanol–water partition coefficient (Wildman–Crippen LogP) is 2.51. The lowest BCUT2D eigenvalue weighted by Gasteiger charge is -2.24. The average Bonchev–Trinajstić information content (AvgIpc) is 3.09. The van der Waals surface area contributed by atoms with Crippen LogP contribution in [-0.4, -0.2) is 72.3 Å². The van der Waals surface area contributed by atoms with Crippen LogP contribution in [0, 0.1) is 0 Å². The molecular formula is C20H26ClN3O2. The summed E-state index contributed by atoms with van der Waals surface area (Å²) in [5.41, 5.74) is 0.931. The second-order valence-electron chi connectivity index (χ2n) is 6.89. The summed E-state index contributed by atoms with van der Waals surface area (Å²) in [6, 6.07) is 7.35. The number of halogens is 1. The zero-order valence-electron chi connectivity index (χ0n) is 15.1. The Hall–Kier alpha value is -1.85. The molecule has 2 amide bonds. The van der Waals surface area contributed by atoms with E-state index in [1.54, 1.807) is 29.2 Å². The van der Waals surface area contributed by atoms with Crippen molar-refractivity contribution < 1.29 is 9.59 Å². The van der Waals surface area contributed by atoms with Crippen LogP contribution in [0.3, 0.4) is 0 Å². The highest BCUT2D eigenvalue weighted by Gasteiger charge is 2.23. The minimum absolute atomic E-state index is 0.0471. The highest BCUT2D eigenvalue weighted by atomic mass is 35.5. The Bertz CT molecular complexity index is 654. The number of likely N-dealkylation sites (tertiary alicyclic amines) is 1. The smallest absolute Gasteiger partial charge is 0.246 e. The monoisotopic (exact) mass is 375 g/mol. The van der Waals surface area contributed by atoms with Crippen LogP contribution < -0.4 is 0 Å². The molecule has 26 heavy (non-hydrogen) atoms. The fourth-order valence-electron chi connectivity index (χ4n) is 3.44. The highest BCUT2D eigenvalue weighted by Crippen LogP contribution is 2.12. The molecule has 2 heterocycles. The van der Waals surface area contributed by atoms with E-state index in [9.17, 15) is 9.59 Å². The van der Waals surface area contributed by atoms with Gasteiger partial charge in [0.05, 0.1) is 0 Å². The highest BCUT2D eigenvalue weighted by molar-refractivity contribution is 6.30. The van der Waals surface area contributed by atoms with Crippen molar-refractivity contribution in [2.75, 3.05) is 45.8 Å². The predicted molar refractivity (Wildman–Crippen MR) is 104 cm³/mol. The van der Waals surface area contributed by atoms with Crippen LogP contribution in [-0.2, 0) is 9.59 Å². The third-order valence-electron chi connectivity index (χ3n) is 5.07. The van der Waals surface area contributed by atoms with Crippen molar-refractivity contribution >= 4 is 29.5 Å². The van der Waals surface area contributed by atoms with Crippen LogP contribution in [0.5, 0.6) is 0 Å². The molecule has 6 heteroatoms. The lowest BCUT2D eigenvalue weighted by molar-refractivity contribution is -0.130. The van der Waals surface area contributed by atoms with Crippen LogP contribution >= 0.6 is 11.6 Å². The molecule has 2 saturated heterocycles. The maximum Gasteiger partial charge on any atom is 0.246 e. The Labute approximate surface area is 160 Å².